The average molecular weight is 489 g/mol. The summed E-state index contributed by atoms with van der Waals surface area (Å²) in [6, 6.07) is 17.5. The highest BCUT2D eigenvalue weighted by atomic mass is 19.1. The van der Waals surface area contributed by atoms with Crippen molar-refractivity contribution < 1.29 is 14.0 Å². The van der Waals surface area contributed by atoms with E-state index in [2.05, 4.69) is 20.9 Å². The Morgan fingerprint density at radius 1 is 1.06 bits per heavy atom. The average Bonchev–Trinajstić information content (AvgIpc) is 3.39. The van der Waals surface area contributed by atoms with Gasteiger partial charge in [0, 0.05) is 17.4 Å². The Kier molecular flexibility index (Phi) is 7.98. The Morgan fingerprint density at radius 3 is 2.53 bits per heavy atom. The van der Waals surface area contributed by atoms with E-state index in [1.807, 2.05) is 44.2 Å². The standard InChI is InChI=1S/C29H33FN4O2/c1-29(2,22-12-4-3-5-13-22)34-28(36)26(17-20-9-6-7-10-20)33-27(35)21-11-8-14-23(18-21)32-25-15-16-31-19-24(25)30/h3-5,8,11-16,18-20,26H,6-7,9-10,17H2,1-2H3,(H,31,32)(H,33,35)(H,34,36). The first-order valence-corrected chi connectivity index (χ1v) is 12.5. The molecule has 2 aromatic carbocycles. The molecular formula is C29H33FN4O2. The summed E-state index contributed by atoms with van der Waals surface area (Å²) < 4.78 is 14.0. The number of nitrogens with zero attached hydrogens (tertiary/aromatic N) is 1. The van der Waals surface area contributed by atoms with Crippen molar-refractivity contribution in [3.05, 3.63) is 90.0 Å². The van der Waals surface area contributed by atoms with Gasteiger partial charge in [-0.3, -0.25) is 14.6 Å². The summed E-state index contributed by atoms with van der Waals surface area (Å²) in [6.45, 7) is 3.92. The maximum atomic E-state index is 14.0. The maximum Gasteiger partial charge on any atom is 0.252 e. The minimum atomic E-state index is -0.655. The highest BCUT2D eigenvalue weighted by Crippen LogP contribution is 2.29. The molecule has 1 aliphatic carbocycles. The number of nitrogens with one attached hydrogen (secondary N) is 3. The van der Waals surface area contributed by atoms with Gasteiger partial charge >= 0.3 is 0 Å². The van der Waals surface area contributed by atoms with E-state index in [9.17, 15) is 14.0 Å². The van der Waals surface area contributed by atoms with Crippen molar-refractivity contribution >= 4 is 23.2 Å². The summed E-state index contributed by atoms with van der Waals surface area (Å²) in [5, 5.41) is 9.09. The van der Waals surface area contributed by atoms with Gasteiger partial charge in [-0.25, -0.2) is 4.39 Å². The first kappa shape index (κ1) is 25.4. The number of rotatable bonds is 9. The molecule has 1 heterocycles. The summed E-state index contributed by atoms with van der Waals surface area (Å²) >= 11 is 0. The zero-order valence-electron chi connectivity index (χ0n) is 20.8. The number of hydrogen-bond donors (Lipinski definition) is 3. The van der Waals surface area contributed by atoms with Crippen LogP contribution in [0.15, 0.2) is 73.1 Å². The van der Waals surface area contributed by atoms with Crippen molar-refractivity contribution in [2.24, 2.45) is 5.92 Å². The van der Waals surface area contributed by atoms with E-state index in [4.69, 9.17) is 0 Å². The van der Waals surface area contributed by atoms with E-state index >= 15 is 0 Å². The zero-order chi connectivity index (χ0) is 25.5. The molecule has 1 aliphatic rings. The molecule has 188 valence electrons. The van der Waals surface area contributed by atoms with Crippen molar-refractivity contribution in [3.8, 4) is 0 Å². The number of benzene rings is 2. The van der Waals surface area contributed by atoms with Crippen LogP contribution in [-0.4, -0.2) is 22.8 Å². The second kappa shape index (κ2) is 11.3. The predicted octanol–water partition coefficient (Wildman–Crippen LogP) is 5.69. The van der Waals surface area contributed by atoms with Crippen molar-refractivity contribution in [2.45, 2.75) is 57.5 Å². The molecule has 3 N–H and O–H groups in total. The van der Waals surface area contributed by atoms with Crippen LogP contribution in [0.5, 0.6) is 0 Å². The molecule has 1 fully saturated rings. The first-order chi connectivity index (χ1) is 17.3. The SMILES string of the molecule is CC(C)(NC(=O)C(CC1CCCC1)NC(=O)c1cccc(Nc2ccncc2F)c1)c1ccccc1. The predicted molar refractivity (Wildman–Crippen MR) is 139 cm³/mol. The molecule has 36 heavy (non-hydrogen) atoms. The van der Waals surface area contributed by atoms with E-state index in [1.54, 1.807) is 24.3 Å². The topological polar surface area (TPSA) is 83.1 Å². The third-order valence-electron chi connectivity index (χ3n) is 6.77. The van der Waals surface area contributed by atoms with Gasteiger partial charge in [-0.2, -0.15) is 0 Å². The van der Waals surface area contributed by atoms with Gasteiger partial charge < -0.3 is 16.0 Å². The molecule has 0 bridgehead atoms. The number of carbonyl (C=O) groups is 2. The number of halogens is 1. The van der Waals surface area contributed by atoms with Crippen molar-refractivity contribution in [2.75, 3.05) is 5.32 Å². The Labute approximate surface area is 211 Å². The van der Waals surface area contributed by atoms with Gasteiger partial charge in [0.2, 0.25) is 5.91 Å². The van der Waals surface area contributed by atoms with Gasteiger partial charge in [0.25, 0.3) is 5.91 Å². The number of amides is 2. The number of hydrogen-bond acceptors (Lipinski definition) is 4. The zero-order valence-corrected chi connectivity index (χ0v) is 20.8. The summed E-state index contributed by atoms with van der Waals surface area (Å²) in [7, 11) is 0. The normalized spacial score (nSPS) is 14.8. The Hall–Kier alpha value is -3.74. The van der Waals surface area contributed by atoms with Gasteiger partial charge in [-0.05, 0) is 56.0 Å². The second-order valence-electron chi connectivity index (χ2n) is 9.95. The summed E-state index contributed by atoms with van der Waals surface area (Å²) in [5.41, 5.74) is 1.63. The van der Waals surface area contributed by atoms with Crippen molar-refractivity contribution in [3.63, 3.8) is 0 Å². The van der Waals surface area contributed by atoms with Gasteiger partial charge in [0.05, 0.1) is 17.4 Å². The molecule has 1 aromatic heterocycles. The van der Waals surface area contributed by atoms with Crippen LogP contribution in [0, 0.1) is 11.7 Å². The Balaban J connectivity index is 1.49. The van der Waals surface area contributed by atoms with Crippen LogP contribution in [0.4, 0.5) is 15.8 Å². The van der Waals surface area contributed by atoms with Gasteiger partial charge in [0.1, 0.15) is 6.04 Å². The molecule has 0 aliphatic heterocycles. The molecule has 6 nitrogen and oxygen atoms in total. The molecule has 0 radical (unpaired) electrons. The summed E-state index contributed by atoms with van der Waals surface area (Å²) in [4.78, 5) is 30.4. The lowest BCUT2D eigenvalue weighted by Gasteiger charge is -2.30. The Bertz CT molecular complexity index is 1190. The second-order valence-corrected chi connectivity index (χ2v) is 9.95. The van der Waals surface area contributed by atoms with Gasteiger partial charge in [-0.15, -0.1) is 0 Å². The maximum absolute atomic E-state index is 14.0. The molecule has 1 atom stereocenters. The fraction of sp³-hybridized carbons (Fsp3) is 0.345. The largest absolute Gasteiger partial charge is 0.353 e. The fourth-order valence-corrected chi connectivity index (χ4v) is 4.74. The fourth-order valence-electron chi connectivity index (χ4n) is 4.74. The molecule has 0 spiro atoms. The highest BCUT2D eigenvalue weighted by Gasteiger charge is 2.31. The minimum Gasteiger partial charge on any atom is -0.353 e. The van der Waals surface area contributed by atoms with Crippen LogP contribution in [0.2, 0.25) is 0 Å². The third kappa shape index (κ3) is 6.47. The molecule has 7 heteroatoms. The molecule has 2 amide bonds. The van der Waals surface area contributed by atoms with Crippen LogP contribution in [-0.2, 0) is 10.3 Å². The van der Waals surface area contributed by atoms with Gasteiger partial charge in [0.15, 0.2) is 5.82 Å². The lowest BCUT2D eigenvalue weighted by Crippen LogP contribution is -2.52. The van der Waals surface area contributed by atoms with Crippen LogP contribution in [0.25, 0.3) is 0 Å². The van der Waals surface area contributed by atoms with Crippen LogP contribution < -0.4 is 16.0 Å². The van der Waals surface area contributed by atoms with Crippen LogP contribution in [0.3, 0.4) is 0 Å². The number of carbonyl (C=O) groups excluding carboxylic acids is 2. The summed E-state index contributed by atoms with van der Waals surface area (Å²) in [6.07, 6.45) is 7.66. The molecule has 0 saturated heterocycles. The first-order valence-electron chi connectivity index (χ1n) is 12.5. The van der Waals surface area contributed by atoms with E-state index in [0.29, 0.717) is 23.6 Å². The third-order valence-corrected chi connectivity index (χ3v) is 6.77. The van der Waals surface area contributed by atoms with Crippen LogP contribution in [0.1, 0.15) is 61.9 Å². The number of pyridine rings is 1. The molecular weight excluding hydrogens is 455 g/mol. The van der Waals surface area contributed by atoms with Crippen molar-refractivity contribution in [1.82, 2.24) is 15.6 Å². The Morgan fingerprint density at radius 2 is 1.81 bits per heavy atom. The monoisotopic (exact) mass is 488 g/mol. The molecule has 1 saturated carbocycles. The van der Waals surface area contributed by atoms with Crippen molar-refractivity contribution in [1.29, 1.82) is 0 Å². The molecule has 3 aromatic rings. The lowest BCUT2D eigenvalue weighted by molar-refractivity contribution is -0.125. The molecule has 4 rings (SSSR count). The summed E-state index contributed by atoms with van der Waals surface area (Å²) in [5.74, 6) is -0.619. The molecule has 1 unspecified atom stereocenters. The van der Waals surface area contributed by atoms with Crippen LogP contribution >= 0.6 is 0 Å². The quantitative estimate of drug-likeness (QED) is 0.361. The van der Waals surface area contributed by atoms with E-state index < -0.39 is 17.4 Å². The smallest absolute Gasteiger partial charge is 0.252 e. The number of anilines is 2. The van der Waals surface area contributed by atoms with E-state index in [-0.39, 0.29) is 17.5 Å². The number of aromatic nitrogens is 1. The van der Waals surface area contributed by atoms with E-state index in [0.717, 1.165) is 37.4 Å². The van der Waals surface area contributed by atoms with Gasteiger partial charge in [-0.1, -0.05) is 62.1 Å². The minimum absolute atomic E-state index is 0.197. The lowest BCUT2D eigenvalue weighted by atomic mass is 9.92. The van der Waals surface area contributed by atoms with E-state index in [1.165, 1.54) is 12.3 Å². The highest BCUT2D eigenvalue weighted by molar-refractivity contribution is 5.98.